The number of aryl methyl sites for hydroxylation is 1. The van der Waals surface area contributed by atoms with E-state index in [0.717, 1.165) is 36.3 Å². The molecule has 1 heterocycles. The molecule has 0 radical (unpaired) electrons. The topological polar surface area (TPSA) is 52.7 Å². The highest BCUT2D eigenvalue weighted by Gasteiger charge is 2.26. The van der Waals surface area contributed by atoms with Crippen molar-refractivity contribution in [1.29, 1.82) is 0 Å². The Hall–Kier alpha value is -2.67. The SMILES string of the molecule is Cc1cccc(S(=O)(=O)NC[C@@H](c2ccc(N(C)C)cc2)N2CCc3ccccc3C2)c1. The Kier molecular flexibility index (Phi) is 6.65. The first-order valence-electron chi connectivity index (χ1n) is 11.0. The number of hydrogen-bond donors (Lipinski definition) is 1. The number of nitrogens with one attached hydrogen (secondary N) is 1. The third-order valence-electron chi connectivity index (χ3n) is 6.16. The Bertz CT molecular complexity index is 1170. The highest BCUT2D eigenvalue weighted by atomic mass is 32.2. The van der Waals surface area contributed by atoms with Crippen LogP contribution in [0.2, 0.25) is 0 Å². The summed E-state index contributed by atoms with van der Waals surface area (Å²) >= 11 is 0. The molecule has 0 aliphatic carbocycles. The first kappa shape index (κ1) is 22.5. The molecule has 32 heavy (non-hydrogen) atoms. The van der Waals surface area contributed by atoms with Crippen LogP contribution in [0.5, 0.6) is 0 Å². The van der Waals surface area contributed by atoms with E-state index in [-0.39, 0.29) is 6.04 Å². The second kappa shape index (κ2) is 9.45. The Balaban J connectivity index is 1.60. The van der Waals surface area contributed by atoms with Gasteiger partial charge in [-0.2, -0.15) is 0 Å². The van der Waals surface area contributed by atoms with E-state index >= 15 is 0 Å². The van der Waals surface area contributed by atoms with Gasteiger partial charge in [-0.1, -0.05) is 48.5 Å². The summed E-state index contributed by atoms with van der Waals surface area (Å²) in [6.07, 6.45) is 0.965. The van der Waals surface area contributed by atoms with Gasteiger partial charge in [-0.3, -0.25) is 4.90 Å². The number of sulfonamides is 1. The van der Waals surface area contributed by atoms with Crippen LogP contribution in [0, 0.1) is 6.92 Å². The molecule has 0 spiro atoms. The van der Waals surface area contributed by atoms with Crippen molar-refractivity contribution < 1.29 is 8.42 Å². The molecule has 1 aliphatic rings. The Labute approximate surface area is 191 Å². The second-order valence-corrected chi connectivity index (χ2v) is 10.4. The molecule has 1 atom stereocenters. The summed E-state index contributed by atoms with van der Waals surface area (Å²) < 4.78 is 28.9. The molecule has 0 saturated carbocycles. The number of rotatable bonds is 7. The van der Waals surface area contributed by atoms with Gasteiger partial charge in [0.15, 0.2) is 0 Å². The van der Waals surface area contributed by atoms with Gasteiger partial charge < -0.3 is 4.90 Å². The summed E-state index contributed by atoms with van der Waals surface area (Å²) in [6, 6.07) is 23.9. The van der Waals surface area contributed by atoms with E-state index in [1.807, 2.05) is 27.1 Å². The van der Waals surface area contributed by atoms with Crippen molar-refractivity contribution in [3.63, 3.8) is 0 Å². The predicted molar refractivity (Wildman–Crippen MR) is 130 cm³/mol. The summed E-state index contributed by atoms with van der Waals surface area (Å²) in [5.41, 5.74) is 5.86. The molecule has 3 aromatic carbocycles. The van der Waals surface area contributed by atoms with Crippen LogP contribution >= 0.6 is 0 Å². The van der Waals surface area contributed by atoms with Crippen LogP contribution in [-0.2, 0) is 23.0 Å². The summed E-state index contributed by atoms with van der Waals surface area (Å²) in [6.45, 7) is 3.92. The van der Waals surface area contributed by atoms with Crippen molar-refractivity contribution in [2.75, 3.05) is 32.1 Å². The molecule has 5 nitrogen and oxygen atoms in total. The number of benzene rings is 3. The molecule has 0 aromatic heterocycles. The smallest absolute Gasteiger partial charge is 0.240 e. The lowest BCUT2D eigenvalue weighted by Crippen LogP contribution is -2.40. The maximum absolute atomic E-state index is 13.0. The van der Waals surface area contributed by atoms with Gasteiger partial charge in [-0.15, -0.1) is 0 Å². The fourth-order valence-corrected chi connectivity index (χ4v) is 5.43. The molecule has 0 fully saturated rings. The predicted octanol–water partition coefficient (Wildman–Crippen LogP) is 4.14. The van der Waals surface area contributed by atoms with E-state index in [1.54, 1.807) is 18.2 Å². The standard InChI is InChI=1S/C26H31N3O2S/c1-20-7-6-10-25(17-20)32(30,31)27-18-26(22-11-13-24(14-12-22)28(2)3)29-16-15-21-8-4-5-9-23(21)19-29/h4-14,17,26-27H,15-16,18-19H2,1-3H3/t26-/m0/s1. The summed E-state index contributed by atoms with van der Waals surface area (Å²) in [4.78, 5) is 4.76. The van der Waals surface area contributed by atoms with Crippen LogP contribution in [0.15, 0.2) is 77.7 Å². The molecule has 0 saturated heterocycles. The van der Waals surface area contributed by atoms with Gasteiger partial charge in [0.05, 0.1) is 4.90 Å². The van der Waals surface area contributed by atoms with Gasteiger partial charge in [0, 0.05) is 45.5 Å². The van der Waals surface area contributed by atoms with Crippen molar-refractivity contribution in [3.05, 3.63) is 95.1 Å². The third-order valence-corrected chi connectivity index (χ3v) is 7.58. The minimum atomic E-state index is -3.59. The largest absolute Gasteiger partial charge is 0.378 e. The van der Waals surface area contributed by atoms with E-state index in [1.165, 1.54) is 11.1 Å². The van der Waals surface area contributed by atoms with E-state index in [0.29, 0.717) is 11.4 Å². The zero-order valence-corrected chi connectivity index (χ0v) is 19.8. The molecular formula is C26H31N3O2S. The number of anilines is 1. The summed E-state index contributed by atoms with van der Waals surface area (Å²) in [5, 5.41) is 0. The molecule has 0 bridgehead atoms. The maximum Gasteiger partial charge on any atom is 0.240 e. The first-order chi connectivity index (χ1) is 15.3. The molecule has 1 N–H and O–H groups in total. The van der Waals surface area contributed by atoms with E-state index in [9.17, 15) is 8.42 Å². The van der Waals surface area contributed by atoms with Crippen LogP contribution in [0.1, 0.15) is 28.3 Å². The van der Waals surface area contributed by atoms with Gasteiger partial charge in [0.1, 0.15) is 0 Å². The van der Waals surface area contributed by atoms with Crippen molar-refractivity contribution in [2.24, 2.45) is 0 Å². The molecule has 4 rings (SSSR count). The maximum atomic E-state index is 13.0. The average Bonchev–Trinajstić information content (AvgIpc) is 2.79. The molecule has 3 aromatic rings. The minimum absolute atomic E-state index is 0.0563. The Morgan fingerprint density at radius 2 is 1.69 bits per heavy atom. The van der Waals surface area contributed by atoms with E-state index < -0.39 is 10.0 Å². The quantitative estimate of drug-likeness (QED) is 0.589. The van der Waals surface area contributed by atoms with Gasteiger partial charge >= 0.3 is 0 Å². The molecular weight excluding hydrogens is 418 g/mol. The fourth-order valence-electron chi connectivity index (χ4n) is 4.29. The van der Waals surface area contributed by atoms with Gasteiger partial charge in [-0.05, 0) is 59.9 Å². The monoisotopic (exact) mass is 449 g/mol. The Morgan fingerprint density at radius 1 is 0.969 bits per heavy atom. The van der Waals surface area contributed by atoms with Crippen molar-refractivity contribution in [1.82, 2.24) is 9.62 Å². The number of fused-ring (bicyclic) bond motifs is 1. The van der Waals surface area contributed by atoms with E-state index in [4.69, 9.17) is 0 Å². The molecule has 0 amide bonds. The van der Waals surface area contributed by atoms with Crippen LogP contribution in [0.25, 0.3) is 0 Å². The molecule has 6 heteroatoms. The van der Waals surface area contributed by atoms with E-state index in [2.05, 4.69) is 63.1 Å². The normalized spacial score (nSPS) is 15.2. The van der Waals surface area contributed by atoms with Crippen LogP contribution in [-0.4, -0.2) is 40.5 Å². The lowest BCUT2D eigenvalue weighted by Gasteiger charge is -2.36. The van der Waals surface area contributed by atoms with Crippen molar-refractivity contribution >= 4 is 15.7 Å². The number of hydrogen-bond acceptors (Lipinski definition) is 4. The summed E-state index contributed by atoms with van der Waals surface area (Å²) in [5.74, 6) is 0. The van der Waals surface area contributed by atoms with Gasteiger partial charge in [0.2, 0.25) is 10.0 Å². The third kappa shape index (κ3) is 5.04. The average molecular weight is 450 g/mol. The fraction of sp³-hybridized carbons (Fsp3) is 0.308. The lowest BCUT2D eigenvalue weighted by molar-refractivity contribution is 0.180. The summed E-state index contributed by atoms with van der Waals surface area (Å²) in [7, 11) is 0.444. The molecule has 0 unspecified atom stereocenters. The van der Waals surface area contributed by atoms with Gasteiger partial charge in [0.25, 0.3) is 0 Å². The minimum Gasteiger partial charge on any atom is -0.378 e. The van der Waals surface area contributed by atoms with Crippen LogP contribution in [0.3, 0.4) is 0 Å². The zero-order valence-electron chi connectivity index (χ0n) is 19.0. The highest BCUT2D eigenvalue weighted by molar-refractivity contribution is 7.89. The highest BCUT2D eigenvalue weighted by Crippen LogP contribution is 2.29. The lowest BCUT2D eigenvalue weighted by atomic mass is 9.96. The number of nitrogens with zero attached hydrogens (tertiary/aromatic N) is 2. The molecule has 1 aliphatic heterocycles. The second-order valence-electron chi connectivity index (χ2n) is 8.66. The van der Waals surface area contributed by atoms with Crippen molar-refractivity contribution in [3.8, 4) is 0 Å². The van der Waals surface area contributed by atoms with Crippen LogP contribution < -0.4 is 9.62 Å². The van der Waals surface area contributed by atoms with Gasteiger partial charge in [-0.25, -0.2) is 13.1 Å². The first-order valence-corrected chi connectivity index (χ1v) is 12.5. The van der Waals surface area contributed by atoms with Crippen molar-refractivity contribution in [2.45, 2.75) is 30.8 Å². The Morgan fingerprint density at radius 3 is 2.38 bits per heavy atom. The van der Waals surface area contributed by atoms with Crippen LogP contribution in [0.4, 0.5) is 5.69 Å². The molecule has 168 valence electrons. The zero-order chi connectivity index (χ0) is 22.7.